The molecule has 0 spiro atoms. The molecular weight excluding hydrogens is 649 g/mol. The van der Waals surface area contributed by atoms with Crippen molar-refractivity contribution in [1.82, 2.24) is 9.37 Å². The maximum Gasteiger partial charge on any atom is 0.280 e. The first-order chi connectivity index (χ1) is 22.1. The van der Waals surface area contributed by atoms with Crippen molar-refractivity contribution in [3.8, 4) is 5.75 Å². The minimum absolute atomic E-state index is 0.0778. The second kappa shape index (κ2) is 14.2. The normalized spacial score (nSPS) is 14.6. The van der Waals surface area contributed by atoms with Crippen LogP contribution in [0.25, 0.3) is 0 Å². The number of carbonyl (C=O) groups is 2. The molecule has 9 nitrogen and oxygen atoms in total. The number of nitrogens with zero attached hydrogens (tertiary/aromatic N) is 3. The zero-order valence-corrected chi connectivity index (χ0v) is 26.2. The van der Waals surface area contributed by atoms with Crippen LogP contribution >= 0.6 is 0 Å². The summed E-state index contributed by atoms with van der Waals surface area (Å²) in [6, 6.07) is 8.56. The molecule has 0 bridgehead atoms. The number of rotatable bonds is 10. The van der Waals surface area contributed by atoms with Crippen molar-refractivity contribution in [2.45, 2.75) is 62.4 Å². The van der Waals surface area contributed by atoms with E-state index >= 15 is 0 Å². The van der Waals surface area contributed by atoms with Gasteiger partial charge in [-0.1, -0.05) is 55.9 Å². The van der Waals surface area contributed by atoms with Gasteiger partial charge >= 0.3 is 0 Å². The van der Waals surface area contributed by atoms with Crippen molar-refractivity contribution in [3.63, 3.8) is 0 Å². The van der Waals surface area contributed by atoms with Crippen molar-refractivity contribution < 1.29 is 50.3 Å². The number of anilines is 1. The molecular formula is C32H31F5N3O6S-. The molecule has 1 atom stereocenters. The van der Waals surface area contributed by atoms with Crippen LogP contribution in [0.15, 0.2) is 60.1 Å². The standard InChI is InChI=1S/C32H32F5N3O6S/c1-4-40(44)32(43)23-15-14-22(16-24(23)41)39(17-19-10-12-21(13-11-19)20-8-6-5-7-9-20)31(42)18(2)38(3)47(45,46)30-28(36)26(34)25(33)27(35)29(30)37/h4,10-16,18,20,41,44H,1,5-9,17H2,2-3H3/p-1/t18-/m1/s1. The lowest BCUT2D eigenvalue weighted by Crippen LogP contribution is -2.48. The van der Waals surface area contributed by atoms with Gasteiger partial charge in [0.2, 0.25) is 21.7 Å². The van der Waals surface area contributed by atoms with E-state index in [9.17, 15) is 50.3 Å². The van der Waals surface area contributed by atoms with Gasteiger partial charge in [0, 0.05) is 24.5 Å². The average Bonchev–Trinajstić information content (AvgIpc) is 3.07. The van der Waals surface area contributed by atoms with Crippen LogP contribution in [0.4, 0.5) is 27.6 Å². The summed E-state index contributed by atoms with van der Waals surface area (Å²) in [5, 5.41) is 22.6. The van der Waals surface area contributed by atoms with E-state index < -0.39 is 73.2 Å². The Morgan fingerprint density at radius 3 is 2.04 bits per heavy atom. The Morgan fingerprint density at radius 1 is 0.957 bits per heavy atom. The van der Waals surface area contributed by atoms with Crippen molar-refractivity contribution in [3.05, 3.63) is 101 Å². The summed E-state index contributed by atoms with van der Waals surface area (Å²) in [7, 11) is -4.79. The van der Waals surface area contributed by atoms with E-state index in [1.807, 2.05) is 12.1 Å². The Balaban J connectivity index is 1.73. The van der Waals surface area contributed by atoms with Gasteiger partial charge in [-0.2, -0.15) is 9.37 Å². The zero-order valence-electron chi connectivity index (χ0n) is 25.4. The summed E-state index contributed by atoms with van der Waals surface area (Å²) in [4.78, 5) is 25.1. The molecule has 1 N–H and O–H groups in total. The number of likely N-dealkylation sites (N-methyl/N-ethyl adjacent to an activating group) is 1. The molecule has 3 aromatic rings. The van der Waals surface area contributed by atoms with Crippen LogP contribution in [0.3, 0.4) is 0 Å². The quantitative estimate of drug-likeness (QED) is 0.0962. The van der Waals surface area contributed by atoms with Gasteiger partial charge in [-0.05, 0) is 55.0 Å². The van der Waals surface area contributed by atoms with Crippen molar-refractivity contribution in [2.24, 2.45) is 0 Å². The molecule has 15 heteroatoms. The molecule has 0 unspecified atom stereocenters. The van der Waals surface area contributed by atoms with Gasteiger partial charge in [-0.3, -0.25) is 14.8 Å². The summed E-state index contributed by atoms with van der Waals surface area (Å²) >= 11 is 0. The molecule has 0 saturated heterocycles. The molecule has 1 saturated carbocycles. The molecule has 0 aliphatic heterocycles. The van der Waals surface area contributed by atoms with E-state index in [4.69, 9.17) is 0 Å². The summed E-state index contributed by atoms with van der Waals surface area (Å²) in [5.41, 5.74) is 1.02. The van der Waals surface area contributed by atoms with E-state index in [1.54, 1.807) is 12.1 Å². The van der Waals surface area contributed by atoms with E-state index in [0.717, 1.165) is 74.9 Å². The second-order valence-electron chi connectivity index (χ2n) is 11.1. The first-order valence-corrected chi connectivity index (χ1v) is 15.9. The molecule has 0 radical (unpaired) electrons. The topological polar surface area (TPSA) is 121 Å². The third-order valence-electron chi connectivity index (χ3n) is 8.26. The Bertz CT molecular complexity index is 1770. The molecule has 0 heterocycles. The maximum absolute atomic E-state index is 14.5. The third-order valence-corrected chi connectivity index (χ3v) is 10.2. The van der Waals surface area contributed by atoms with Crippen molar-refractivity contribution in [1.29, 1.82) is 0 Å². The van der Waals surface area contributed by atoms with E-state index in [0.29, 0.717) is 11.5 Å². The highest BCUT2D eigenvalue weighted by Gasteiger charge is 2.40. The number of halogens is 5. The van der Waals surface area contributed by atoms with E-state index in [-0.39, 0.29) is 21.6 Å². The average molecular weight is 681 g/mol. The summed E-state index contributed by atoms with van der Waals surface area (Å²) in [5.74, 6) is -15.4. The molecule has 2 amide bonds. The third kappa shape index (κ3) is 7.01. The maximum atomic E-state index is 14.5. The highest BCUT2D eigenvalue weighted by atomic mass is 32.2. The van der Waals surface area contributed by atoms with Crippen LogP contribution in [0.2, 0.25) is 0 Å². The number of benzene rings is 3. The largest absolute Gasteiger partial charge is 0.872 e. The second-order valence-corrected chi connectivity index (χ2v) is 13.0. The molecule has 1 aliphatic rings. The molecule has 1 fully saturated rings. The fraction of sp³-hybridized carbons (Fsp3) is 0.312. The molecule has 4 rings (SSSR count). The molecule has 3 aromatic carbocycles. The fourth-order valence-electron chi connectivity index (χ4n) is 5.42. The predicted octanol–water partition coefficient (Wildman–Crippen LogP) is 5.72. The minimum atomic E-state index is -5.51. The Morgan fingerprint density at radius 2 is 1.51 bits per heavy atom. The van der Waals surface area contributed by atoms with Gasteiger partial charge < -0.3 is 10.0 Å². The zero-order chi connectivity index (χ0) is 34.8. The molecule has 252 valence electrons. The predicted molar refractivity (Wildman–Crippen MR) is 158 cm³/mol. The number of sulfonamides is 1. The van der Waals surface area contributed by atoms with Gasteiger partial charge in [0.25, 0.3) is 5.91 Å². The van der Waals surface area contributed by atoms with E-state index in [1.165, 1.54) is 6.07 Å². The van der Waals surface area contributed by atoms with Gasteiger partial charge in [-0.25, -0.2) is 30.4 Å². The number of amides is 2. The van der Waals surface area contributed by atoms with Crippen LogP contribution in [0, 0.1) is 29.1 Å². The lowest BCUT2D eigenvalue weighted by Gasteiger charge is -2.31. The Labute approximate surface area is 268 Å². The highest BCUT2D eigenvalue weighted by Crippen LogP contribution is 2.34. The molecule has 0 aromatic heterocycles. The molecule has 1 aliphatic carbocycles. The minimum Gasteiger partial charge on any atom is -0.872 e. The lowest BCUT2D eigenvalue weighted by atomic mass is 9.84. The fourth-order valence-corrected chi connectivity index (χ4v) is 6.84. The smallest absolute Gasteiger partial charge is 0.280 e. The summed E-state index contributed by atoms with van der Waals surface area (Å²) in [6.07, 6.45) is 6.18. The summed E-state index contributed by atoms with van der Waals surface area (Å²) in [6.45, 7) is 4.00. The lowest BCUT2D eigenvalue weighted by molar-refractivity contribution is -0.268. The number of carbonyl (C=O) groups excluding carboxylic acids is 2. The first kappa shape index (κ1) is 35.5. The monoisotopic (exact) mass is 680 g/mol. The summed E-state index contributed by atoms with van der Waals surface area (Å²) < 4.78 is 97.0. The van der Waals surface area contributed by atoms with Crippen molar-refractivity contribution >= 4 is 27.5 Å². The first-order valence-electron chi connectivity index (χ1n) is 14.5. The Hall–Kier alpha value is -4.34. The van der Waals surface area contributed by atoms with Crippen LogP contribution in [-0.4, -0.2) is 47.9 Å². The SMILES string of the molecule is C=CN(O)C(=O)c1ccc(N(Cc2ccc(C3CCCCC3)cc2)C(=O)[C@@H](C)N(C)S(=O)(=O)c2c(F)c(F)c(F)c(F)c2F)cc1[O-]. The number of hydrogen-bond donors (Lipinski definition) is 1. The van der Waals surface area contributed by atoms with Crippen LogP contribution in [-0.2, 0) is 21.4 Å². The van der Waals surface area contributed by atoms with Crippen LogP contribution in [0.5, 0.6) is 5.75 Å². The van der Waals surface area contributed by atoms with E-state index in [2.05, 4.69) is 6.58 Å². The highest BCUT2D eigenvalue weighted by molar-refractivity contribution is 7.89. The van der Waals surface area contributed by atoms with Gasteiger partial charge in [0.05, 0.1) is 6.54 Å². The Kier molecular flexibility index (Phi) is 10.7. The van der Waals surface area contributed by atoms with Crippen LogP contribution < -0.4 is 10.0 Å². The number of hydrogen-bond acceptors (Lipinski definition) is 6. The van der Waals surface area contributed by atoms with Crippen molar-refractivity contribution in [2.75, 3.05) is 11.9 Å². The molecule has 47 heavy (non-hydrogen) atoms. The van der Waals surface area contributed by atoms with Crippen LogP contribution in [0.1, 0.15) is 66.4 Å². The van der Waals surface area contributed by atoms with Gasteiger partial charge in [0.1, 0.15) is 6.04 Å². The van der Waals surface area contributed by atoms with Gasteiger partial charge in [-0.15, -0.1) is 0 Å². The van der Waals surface area contributed by atoms with Gasteiger partial charge in [0.15, 0.2) is 28.2 Å². The number of hydroxylamine groups is 2.